The van der Waals surface area contributed by atoms with Crippen LogP contribution >= 0.6 is 0 Å². The van der Waals surface area contributed by atoms with Crippen molar-refractivity contribution in [1.82, 2.24) is 0 Å². The monoisotopic (exact) mass is 346 g/mol. The normalized spacial score (nSPS) is 18.3. The van der Waals surface area contributed by atoms with E-state index < -0.39 is 0 Å². The Morgan fingerprint density at radius 1 is 0.769 bits per heavy atom. The highest BCUT2D eigenvalue weighted by molar-refractivity contribution is 6.51. The molecule has 134 valence electrons. The average molecular weight is 346 g/mol. The summed E-state index contributed by atoms with van der Waals surface area (Å²) in [6, 6.07) is 21.0. The standard InChI is InChI=1S/C23H27BO2/c1-18(16-17-24-25-22(2,3)23(4,5)26-24)21(19-12-8-6-9-13-19)20-14-10-7-11-15-20/h6-17H,1-5H3/b17-16+. The summed E-state index contributed by atoms with van der Waals surface area (Å²) in [5, 5.41) is 0. The Morgan fingerprint density at radius 3 is 1.62 bits per heavy atom. The summed E-state index contributed by atoms with van der Waals surface area (Å²) in [5.74, 6) is 2.01. The first-order valence-electron chi connectivity index (χ1n) is 9.16. The molecule has 1 saturated heterocycles. The number of hydrogen-bond donors (Lipinski definition) is 0. The van der Waals surface area contributed by atoms with Crippen LogP contribution in [0.2, 0.25) is 0 Å². The van der Waals surface area contributed by atoms with Gasteiger partial charge in [-0.1, -0.05) is 72.7 Å². The summed E-state index contributed by atoms with van der Waals surface area (Å²) < 4.78 is 12.1. The fraction of sp³-hybridized carbons (Fsp3) is 0.304. The van der Waals surface area contributed by atoms with Crippen LogP contribution in [0.5, 0.6) is 0 Å². The Hall–Kier alpha value is -2.10. The van der Waals surface area contributed by atoms with Gasteiger partial charge in [0.05, 0.1) is 11.2 Å². The van der Waals surface area contributed by atoms with Gasteiger partial charge in [0.1, 0.15) is 0 Å². The Morgan fingerprint density at radius 2 is 1.19 bits per heavy atom. The van der Waals surface area contributed by atoms with Gasteiger partial charge in [0.2, 0.25) is 0 Å². The van der Waals surface area contributed by atoms with Crippen molar-refractivity contribution in [2.45, 2.75) is 45.8 Å². The molecule has 3 heteroatoms. The predicted molar refractivity (Wildman–Crippen MR) is 110 cm³/mol. The van der Waals surface area contributed by atoms with Crippen LogP contribution in [0, 0.1) is 0 Å². The van der Waals surface area contributed by atoms with Gasteiger partial charge < -0.3 is 9.31 Å². The zero-order valence-corrected chi connectivity index (χ0v) is 16.3. The first-order chi connectivity index (χ1) is 12.3. The van der Waals surface area contributed by atoms with Crippen LogP contribution in [-0.4, -0.2) is 18.3 Å². The van der Waals surface area contributed by atoms with Crippen molar-refractivity contribution in [3.05, 3.63) is 89.4 Å². The first kappa shape index (κ1) is 18.7. The maximum Gasteiger partial charge on any atom is 0.487 e. The number of hydrogen-bond acceptors (Lipinski definition) is 2. The smallest absolute Gasteiger partial charge is 0.400 e. The zero-order chi connectivity index (χ0) is 18.8. The Bertz CT molecular complexity index is 747. The van der Waals surface area contributed by atoms with Gasteiger partial charge in [0, 0.05) is 0 Å². The Balaban J connectivity index is 1.94. The van der Waals surface area contributed by atoms with Crippen molar-refractivity contribution < 1.29 is 9.31 Å². The first-order valence-corrected chi connectivity index (χ1v) is 9.16. The van der Waals surface area contributed by atoms with Crippen LogP contribution in [0.15, 0.2) is 78.3 Å². The molecule has 2 aromatic carbocycles. The van der Waals surface area contributed by atoms with Gasteiger partial charge in [-0.25, -0.2) is 0 Å². The average Bonchev–Trinajstić information content (AvgIpc) is 2.82. The molecule has 26 heavy (non-hydrogen) atoms. The largest absolute Gasteiger partial charge is 0.487 e. The molecular formula is C23H27BO2. The van der Waals surface area contributed by atoms with Crippen molar-refractivity contribution in [2.75, 3.05) is 0 Å². The number of allylic oxidation sites excluding steroid dienone is 2. The summed E-state index contributed by atoms with van der Waals surface area (Å²) in [4.78, 5) is 0. The zero-order valence-electron chi connectivity index (χ0n) is 16.3. The van der Waals surface area contributed by atoms with E-state index in [9.17, 15) is 0 Å². The molecular weight excluding hydrogens is 319 g/mol. The fourth-order valence-electron chi connectivity index (χ4n) is 3.11. The molecule has 2 nitrogen and oxygen atoms in total. The van der Waals surface area contributed by atoms with E-state index in [0.717, 1.165) is 0 Å². The van der Waals surface area contributed by atoms with Crippen LogP contribution in [-0.2, 0) is 9.31 Å². The van der Waals surface area contributed by atoms with Crippen molar-refractivity contribution in [2.24, 2.45) is 0 Å². The third-order valence-corrected chi connectivity index (χ3v) is 5.29. The molecule has 0 saturated carbocycles. The molecule has 0 N–H and O–H groups in total. The molecule has 0 bridgehead atoms. The van der Waals surface area contributed by atoms with Gasteiger partial charge in [-0.15, -0.1) is 0 Å². The van der Waals surface area contributed by atoms with E-state index >= 15 is 0 Å². The van der Waals surface area contributed by atoms with Crippen molar-refractivity contribution >= 4 is 12.7 Å². The second kappa shape index (κ2) is 7.26. The topological polar surface area (TPSA) is 18.5 Å². The van der Waals surface area contributed by atoms with Crippen LogP contribution in [0.4, 0.5) is 0 Å². The molecule has 0 spiro atoms. The van der Waals surface area contributed by atoms with E-state index in [0.29, 0.717) is 0 Å². The number of rotatable bonds is 4. The summed E-state index contributed by atoms with van der Waals surface area (Å²) in [6.45, 7) is 10.4. The molecule has 0 aliphatic carbocycles. The van der Waals surface area contributed by atoms with E-state index in [-0.39, 0.29) is 18.3 Å². The Kier molecular flexibility index (Phi) is 5.22. The fourth-order valence-corrected chi connectivity index (χ4v) is 3.11. The molecule has 2 aromatic rings. The van der Waals surface area contributed by atoms with E-state index in [1.54, 1.807) is 0 Å². The molecule has 1 aliphatic heterocycles. The summed E-state index contributed by atoms with van der Waals surface area (Å²) >= 11 is 0. The third kappa shape index (κ3) is 3.84. The van der Waals surface area contributed by atoms with Gasteiger partial charge in [-0.2, -0.15) is 0 Å². The van der Waals surface area contributed by atoms with Crippen molar-refractivity contribution in [3.8, 4) is 0 Å². The third-order valence-electron chi connectivity index (χ3n) is 5.29. The lowest BCUT2D eigenvalue weighted by atomic mass is 9.87. The minimum absolute atomic E-state index is 0.318. The lowest BCUT2D eigenvalue weighted by Crippen LogP contribution is -2.41. The maximum atomic E-state index is 6.07. The molecule has 1 aliphatic rings. The molecule has 1 heterocycles. The van der Waals surface area contributed by atoms with Crippen LogP contribution < -0.4 is 0 Å². The molecule has 1 fully saturated rings. The molecule has 0 atom stereocenters. The van der Waals surface area contributed by atoms with Crippen LogP contribution in [0.25, 0.3) is 5.57 Å². The second-order valence-corrected chi connectivity index (χ2v) is 7.77. The van der Waals surface area contributed by atoms with E-state index in [1.807, 2.05) is 18.1 Å². The highest BCUT2D eigenvalue weighted by Gasteiger charge is 2.49. The SMILES string of the molecule is CC(/C=C/B1OC(C)(C)C(C)(C)O1)=C(c1ccccc1)c1ccccc1. The Labute approximate surface area is 157 Å². The number of benzene rings is 2. The highest BCUT2D eigenvalue weighted by Crippen LogP contribution is 2.37. The van der Waals surface area contributed by atoms with Crippen molar-refractivity contribution in [3.63, 3.8) is 0 Å². The predicted octanol–water partition coefficient (Wildman–Crippen LogP) is 5.70. The molecule has 3 rings (SSSR count). The van der Waals surface area contributed by atoms with Crippen LogP contribution in [0.3, 0.4) is 0 Å². The molecule has 0 radical (unpaired) electrons. The molecule has 0 amide bonds. The lowest BCUT2D eigenvalue weighted by Gasteiger charge is -2.32. The second-order valence-electron chi connectivity index (χ2n) is 7.77. The highest BCUT2D eigenvalue weighted by atomic mass is 16.7. The summed E-state index contributed by atoms with van der Waals surface area (Å²) in [6.07, 6.45) is 2.11. The van der Waals surface area contributed by atoms with E-state index in [1.165, 1.54) is 22.3 Å². The minimum atomic E-state index is -0.331. The van der Waals surface area contributed by atoms with Gasteiger partial charge in [-0.3, -0.25) is 0 Å². The van der Waals surface area contributed by atoms with Gasteiger partial charge in [0.25, 0.3) is 0 Å². The maximum absolute atomic E-state index is 6.07. The van der Waals surface area contributed by atoms with Crippen LogP contribution in [0.1, 0.15) is 45.7 Å². The minimum Gasteiger partial charge on any atom is -0.400 e. The van der Waals surface area contributed by atoms with E-state index in [4.69, 9.17) is 9.31 Å². The quantitative estimate of drug-likeness (QED) is 0.522. The van der Waals surface area contributed by atoms with Crippen molar-refractivity contribution in [1.29, 1.82) is 0 Å². The molecule has 0 unspecified atom stereocenters. The van der Waals surface area contributed by atoms with Gasteiger partial charge in [0.15, 0.2) is 0 Å². The van der Waals surface area contributed by atoms with Gasteiger partial charge in [-0.05, 0) is 56.9 Å². The van der Waals surface area contributed by atoms with E-state index in [2.05, 4.69) is 89.2 Å². The molecule has 0 aromatic heterocycles. The summed E-state index contributed by atoms with van der Waals surface area (Å²) in [5.41, 5.74) is 4.17. The van der Waals surface area contributed by atoms with Gasteiger partial charge >= 0.3 is 7.12 Å². The summed E-state index contributed by atoms with van der Waals surface area (Å²) in [7, 11) is -0.331. The lowest BCUT2D eigenvalue weighted by molar-refractivity contribution is 0.00578.